The van der Waals surface area contributed by atoms with Crippen LogP contribution in [0.1, 0.15) is 62.3 Å². The van der Waals surface area contributed by atoms with Crippen LogP contribution in [0.5, 0.6) is 0 Å². The van der Waals surface area contributed by atoms with Crippen LogP contribution in [0.25, 0.3) is 0 Å². The molecule has 1 amide bonds. The summed E-state index contributed by atoms with van der Waals surface area (Å²) in [5.74, 6) is 1.10. The van der Waals surface area contributed by atoms with E-state index in [0.717, 1.165) is 51.5 Å². The van der Waals surface area contributed by atoms with Gasteiger partial charge in [-0.05, 0) is 87.4 Å². The Hall–Kier alpha value is -2.33. The zero-order valence-corrected chi connectivity index (χ0v) is 20.0. The summed E-state index contributed by atoms with van der Waals surface area (Å²) in [5.41, 5.74) is 5.23. The fourth-order valence-corrected chi connectivity index (χ4v) is 5.19. The van der Waals surface area contributed by atoms with Gasteiger partial charge in [-0.2, -0.15) is 0 Å². The van der Waals surface area contributed by atoms with Crippen LogP contribution in [-0.2, 0) is 11.3 Å². The molecule has 4 nitrogen and oxygen atoms in total. The van der Waals surface area contributed by atoms with Crippen molar-refractivity contribution in [2.45, 2.75) is 59.0 Å². The number of rotatable bonds is 6. The minimum Gasteiger partial charge on any atom is -0.371 e. The van der Waals surface area contributed by atoms with Crippen LogP contribution in [0.15, 0.2) is 48.5 Å². The van der Waals surface area contributed by atoms with E-state index < -0.39 is 0 Å². The van der Waals surface area contributed by atoms with Gasteiger partial charge in [-0.15, -0.1) is 0 Å². The van der Waals surface area contributed by atoms with Gasteiger partial charge in [-0.1, -0.05) is 43.3 Å². The van der Waals surface area contributed by atoms with Gasteiger partial charge >= 0.3 is 0 Å². The van der Waals surface area contributed by atoms with E-state index >= 15 is 0 Å². The van der Waals surface area contributed by atoms with E-state index in [1.165, 1.54) is 35.2 Å². The number of anilines is 1. The van der Waals surface area contributed by atoms with Crippen molar-refractivity contribution in [1.29, 1.82) is 0 Å². The Morgan fingerprint density at radius 3 is 2.44 bits per heavy atom. The summed E-state index contributed by atoms with van der Waals surface area (Å²) >= 11 is 0. The van der Waals surface area contributed by atoms with Crippen LogP contribution in [0.3, 0.4) is 0 Å². The maximum absolute atomic E-state index is 12.9. The molecule has 2 atom stereocenters. The van der Waals surface area contributed by atoms with Crippen LogP contribution in [0, 0.1) is 18.8 Å². The second-order valence-corrected chi connectivity index (χ2v) is 9.99. The van der Waals surface area contributed by atoms with Gasteiger partial charge in [0, 0.05) is 31.2 Å². The number of aryl methyl sites for hydroxylation is 1. The molecule has 0 aliphatic carbocycles. The molecule has 4 rings (SSSR count). The largest absolute Gasteiger partial charge is 0.371 e. The zero-order chi connectivity index (χ0) is 22.5. The third kappa shape index (κ3) is 5.72. The fourth-order valence-electron chi connectivity index (χ4n) is 5.19. The van der Waals surface area contributed by atoms with Crippen LogP contribution < -0.4 is 10.2 Å². The molecule has 2 aliphatic rings. The molecule has 2 aromatic carbocycles. The molecule has 32 heavy (non-hydrogen) atoms. The van der Waals surface area contributed by atoms with E-state index in [0.29, 0.717) is 0 Å². The molecule has 2 aromatic rings. The van der Waals surface area contributed by atoms with Crippen molar-refractivity contribution < 1.29 is 4.79 Å². The summed E-state index contributed by atoms with van der Waals surface area (Å²) in [6, 6.07) is 17.5. The van der Waals surface area contributed by atoms with Crippen molar-refractivity contribution in [2.24, 2.45) is 11.8 Å². The molecule has 2 fully saturated rings. The minimum atomic E-state index is 0.0434. The molecule has 2 saturated heterocycles. The molecule has 0 bridgehead atoms. The fraction of sp³-hybridized carbons (Fsp3) is 0.536. The van der Waals surface area contributed by atoms with E-state index in [1.807, 2.05) is 0 Å². The quantitative estimate of drug-likeness (QED) is 0.670. The first-order valence-corrected chi connectivity index (χ1v) is 12.4. The summed E-state index contributed by atoms with van der Waals surface area (Å²) in [7, 11) is 0. The number of piperidine rings is 2. The number of benzene rings is 2. The highest BCUT2D eigenvalue weighted by Crippen LogP contribution is 2.26. The second kappa shape index (κ2) is 10.5. The average Bonchev–Trinajstić information content (AvgIpc) is 2.81. The number of nitrogens with one attached hydrogen (secondary N) is 1. The molecule has 4 heteroatoms. The molecule has 2 unspecified atom stereocenters. The smallest absolute Gasteiger partial charge is 0.223 e. The number of hydrogen-bond donors (Lipinski definition) is 1. The van der Waals surface area contributed by atoms with Gasteiger partial charge in [-0.25, -0.2) is 0 Å². The monoisotopic (exact) mass is 433 g/mol. The SMILES string of the molecule is Cc1ccccc1CN1CCC(C(=O)NC(C)c2ccc(N3CCCC(C)C3)cc2)CC1. The van der Waals surface area contributed by atoms with E-state index in [9.17, 15) is 4.79 Å². The summed E-state index contributed by atoms with van der Waals surface area (Å²) in [4.78, 5) is 17.9. The molecule has 2 aliphatic heterocycles. The number of amides is 1. The highest BCUT2D eigenvalue weighted by atomic mass is 16.1. The zero-order valence-electron chi connectivity index (χ0n) is 20.0. The predicted octanol–water partition coefficient (Wildman–Crippen LogP) is 5.32. The van der Waals surface area contributed by atoms with Crippen LogP contribution in [0.4, 0.5) is 5.69 Å². The van der Waals surface area contributed by atoms with Crippen molar-refractivity contribution >= 4 is 11.6 Å². The van der Waals surface area contributed by atoms with Gasteiger partial charge in [0.1, 0.15) is 0 Å². The Morgan fingerprint density at radius 2 is 1.75 bits per heavy atom. The summed E-state index contributed by atoms with van der Waals surface area (Å²) in [5, 5.41) is 3.27. The first-order chi connectivity index (χ1) is 15.5. The lowest BCUT2D eigenvalue weighted by Crippen LogP contribution is -2.41. The minimum absolute atomic E-state index is 0.0434. The van der Waals surface area contributed by atoms with Gasteiger partial charge in [-0.3, -0.25) is 9.69 Å². The number of carbonyl (C=O) groups excluding carboxylic acids is 1. The lowest BCUT2D eigenvalue weighted by atomic mass is 9.94. The van der Waals surface area contributed by atoms with Gasteiger partial charge in [0.05, 0.1) is 6.04 Å². The van der Waals surface area contributed by atoms with Crippen molar-refractivity contribution in [3.8, 4) is 0 Å². The molecule has 0 saturated carbocycles. The molecule has 172 valence electrons. The third-order valence-corrected chi connectivity index (χ3v) is 7.39. The predicted molar refractivity (Wildman–Crippen MR) is 133 cm³/mol. The van der Waals surface area contributed by atoms with E-state index in [1.54, 1.807) is 0 Å². The van der Waals surface area contributed by atoms with Crippen molar-refractivity contribution in [2.75, 3.05) is 31.1 Å². The Morgan fingerprint density at radius 1 is 1.03 bits per heavy atom. The number of nitrogens with zero attached hydrogens (tertiary/aromatic N) is 2. The van der Waals surface area contributed by atoms with Crippen LogP contribution in [0.2, 0.25) is 0 Å². The number of carbonyl (C=O) groups is 1. The highest BCUT2D eigenvalue weighted by molar-refractivity contribution is 5.79. The Kier molecular flexibility index (Phi) is 7.51. The van der Waals surface area contributed by atoms with Gasteiger partial charge in [0.15, 0.2) is 0 Å². The topological polar surface area (TPSA) is 35.6 Å². The normalized spacial score (nSPS) is 21.3. The average molecular weight is 434 g/mol. The first-order valence-electron chi connectivity index (χ1n) is 12.4. The number of hydrogen-bond acceptors (Lipinski definition) is 3. The molecule has 0 aromatic heterocycles. The lowest BCUT2D eigenvalue weighted by Gasteiger charge is -2.33. The van der Waals surface area contributed by atoms with Crippen molar-refractivity contribution in [1.82, 2.24) is 10.2 Å². The van der Waals surface area contributed by atoms with Gasteiger partial charge in [0.25, 0.3) is 0 Å². The summed E-state index contributed by atoms with van der Waals surface area (Å²) < 4.78 is 0. The molecular formula is C28H39N3O. The van der Waals surface area contributed by atoms with E-state index in [4.69, 9.17) is 0 Å². The lowest BCUT2D eigenvalue weighted by molar-refractivity contribution is -0.127. The van der Waals surface area contributed by atoms with Crippen molar-refractivity contribution in [3.05, 3.63) is 65.2 Å². The standard InChI is InChI=1S/C28H39N3O/c1-21-7-6-16-31(19-21)27-12-10-24(11-13-27)23(3)29-28(32)25-14-17-30(18-15-25)20-26-9-5-4-8-22(26)2/h4-5,8-13,21,23,25H,6-7,14-20H2,1-3H3,(H,29,32). The maximum Gasteiger partial charge on any atom is 0.223 e. The van der Waals surface area contributed by atoms with Crippen LogP contribution >= 0.6 is 0 Å². The molecule has 1 N–H and O–H groups in total. The highest BCUT2D eigenvalue weighted by Gasteiger charge is 2.26. The maximum atomic E-state index is 12.9. The molecular weight excluding hydrogens is 394 g/mol. The third-order valence-electron chi connectivity index (χ3n) is 7.39. The molecule has 2 heterocycles. The molecule has 0 spiro atoms. The van der Waals surface area contributed by atoms with E-state index in [-0.39, 0.29) is 17.9 Å². The second-order valence-electron chi connectivity index (χ2n) is 9.99. The van der Waals surface area contributed by atoms with Gasteiger partial charge < -0.3 is 10.2 Å². The summed E-state index contributed by atoms with van der Waals surface area (Å²) in [6.07, 6.45) is 4.49. The van der Waals surface area contributed by atoms with Crippen molar-refractivity contribution in [3.63, 3.8) is 0 Å². The Balaban J connectivity index is 1.25. The number of likely N-dealkylation sites (tertiary alicyclic amines) is 1. The Labute approximate surface area is 194 Å². The van der Waals surface area contributed by atoms with E-state index in [2.05, 4.69) is 84.4 Å². The first kappa shape index (κ1) is 22.8. The Bertz CT molecular complexity index is 886. The summed E-state index contributed by atoms with van der Waals surface area (Å²) in [6.45, 7) is 11.9. The van der Waals surface area contributed by atoms with Gasteiger partial charge in [0.2, 0.25) is 5.91 Å². The molecule has 0 radical (unpaired) electrons. The van der Waals surface area contributed by atoms with Crippen LogP contribution in [-0.4, -0.2) is 37.0 Å².